The maximum absolute atomic E-state index is 6.02. The third-order valence-corrected chi connectivity index (χ3v) is 4.36. The van der Waals surface area contributed by atoms with Gasteiger partial charge in [-0.25, -0.2) is 0 Å². The van der Waals surface area contributed by atoms with Gasteiger partial charge in [-0.05, 0) is 34.9 Å². The molecule has 1 aromatic carbocycles. The van der Waals surface area contributed by atoms with Crippen LogP contribution in [0.15, 0.2) is 18.2 Å². The average Bonchev–Trinajstić information content (AvgIpc) is 3.08. The van der Waals surface area contributed by atoms with Crippen LogP contribution in [0, 0.1) is 0 Å². The second-order valence-electron chi connectivity index (χ2n) is 6.82. The van der Waals surface area contributed by atoms with Gasteiger partial charge in [-0.15, -0.1) is 0 Å². The highest BCUT2D eigenvalue weighted by atomic mass is 15.2. The van der Waals surface area contributed by atoms with Crippen molar-refractivity contribution in [1.29, 1.82) is 0 Å². The van der Waals surface area contributed by atoms with E-state index in [0.29, 0.717) is 6.04 Å². The van der Waals surface area contributed by atoms with Gasteiger partial charge in [-0.2, -0.15) is 0 Å². The van der Waals surface area contributed by atoms with Crippen LogP contribution in [-0.4, -0.2) is 17.5 Å². The Morgan fingerprint density at radius 2 is 2.00 bits per heavy atom. The second-order valence-corrected chi connectivity index (χ2v) is 6.82. The van der Waals surface area contributed by atoms with Crippen LogP contribution in [-0.2, 0) is 12.0 Å². The van der Waals surface area contributed by atoms with Crippen LogP contribution in [0.25, 0.3) is 0 Å². The highest BCUT2D eigenvalue weighted by Crippen LogP contribution is 2.42. The molecule has 0 spiro atoms. The minimum Gasteiger partial charge on any atom is -0.329 e. The van der Waals surface area contributed by atoms with E-state index < -0.39 is 0 Å². The zero-order valence-electron chi connectivity index (χ0n) is 11.7. The number of benzene rings is 1. The smallest absolute Gasteiger partial charge is 0.0480 e. The lowest BCUT2D eigenvalue weighted by atomic mass is 9.85. The molecule has 0 saturated heterocycles. The number of fused-ring (bicyclic) bond motifs is 1. The molecule has 1 aromatic rings. The van der Waals surface area contributed by atoms with Crippen LogP contribution in [0.1, 0.15) is 56.3 Å². The van der Waals surface area contributed by atoms with Crippen molar-refractivity contribution in [2.75, 3.05) is 6.54 Å². The Hall–Kier alpha value is -0.860. The summed E-state index contributed by atoms with van der Waals surface area (Å²) >= 11 is 0. The second kappa shape index (κ2) is 4.07. The molecule has 2 nitrogen and oxygen atoms in total. The third-order valence-electron chi connectivity index (χ3n) is 4.36. The van der Waals surface area contributed by atoms with Gasteiger partial charge in [0.2, 0.25) is 0 Å². The highest BCUT2D eigenvalue weighted by molar-refractivity contribution is 5.40. The molecule has 0 bridgehead atoms. The fourth-order valence-electron chi connectivity index (χ4n) is 3.05. The Kier molecular flexibility index (Phi) is 2.76. The van der Waals surface area contributed by atoms with Crippen molar-refractivity contribution < 1.29 is 0 Å². The first-order valence-corrected chi connectivity index (χ1v) is 7.10. The van der Waals surface area contributed by atoms with E-state index in [-0.39, 0.29) is 5.41 Å². The Balaban J connectivity index is 1.97. The largest absolute Gasteiger partial charge is 0.329 e. The molecule has 2 aliphatic rings. The zero-order valence-corrected chi connectivity index (χ0v) is 11.7. The molecule has 1 fully saturated rings. The van der Waals surface area contributed by atoms with E-state index >= 15 is 0 Å². The van der Waals surface area contributed by atoms with Crippen LogP contribution in [0.2, 0.25) is 0 Å². The van der Waals surface area contributed by atoms with Gasteiger partial charge in [0.05, 0.1) is 0 Å². The summed E-state index contributed by atoms with van der Waals surface area (Å²) < 4.78 is 0. The minimum absolute atomic E-state index is 0.223. The molecular weight excluding hydrogens is 220 g/mol. The summed E-state index contributed by atoms with van der Waals surface area (Å²) in [6.45, 7) is 8.68. The number of nitrogens with two attached hydrogens (primary N) is 1. The first kappa shape index (κ1) is 12.2. The summed E-state index contributed by atoms with van der Waals surface area (Å²) in [5.41, 5.74) is 10.6. The zero-order chi connectivity index (χ0) is 12.9. The van der Waals surface area contributed by atoms with Gasteiger partial charge in [0.1, 0.15) is 0 Å². The van der Waals surface area contributed by atoms with E-state index in [1.165, 1.54) is 29.5 Å². The molecule has 1 atom stereocenters. The normalized spacial score (nSPS) is 24.3. The first-order valence-electron chi connectivity index (χ1n) is 7.10. The standard InChI is InChI=1S/C16H24N2/c1-16(2,3)12-5-4-11-10-18(13-6-7-13)15(9-17)14(11)8-12/h4-5,8,13,15H,6-7,9-10,17H2,1-3H3. The molecule has 2 heteroatoms. The lowest BCUT2D eigenvalue weighted by Gasteiger charge is -2.24. The van der Waals surface area contributed by atoms with Gasteiger partial charge in [-0.3, -0.25) is 4.90 Å². The summed E-state index contributed by atoms with van der Waals surface area (Å²) in [7, 11) is 0. The number of hydrogen-bond donors (Lipinski definition) is 1. The van der Waals surface area contributed by atoms with E-state index in [9.17, 15) is 0 Å². The van der Waals surface area contributed by atoms with E-state index in [0.717, 1.165) is 19.1 Å². The number of rotatable bonds is 2. The lowest BCUT2D eigenvalue weighted by Crippen LogP contribution is -2.29. The number of hydrogen-bond acceptors (Lipinski definition) is 2. The molecule has 1 aliphatic carbocycles. The summed E-state index contributed by atoms with van der Waals surface area (Å²) in [6, 6.07) is 8.26. The molecule has 2 N–H and O–H groups in total. The molecule has 98 valence electrons. The molecule has 1 saturated carbocycles. The quantitative estimate of drug-likeness (QED) is 0.866. The van der Waals surface area contributed by atoms with Crippen LogP contribution in [0.4, 0.5) is 0 Å². The maximum Gasteiger partial charge on any atom is 0.0480 e. The third kappa shape index (κ3) is 1.98. The number of nitrogens with zero attached hydrogens (tertiary/aromatic N) is 1. The first-order chi connectivity index (χ1) is 8.50. The highest BCUT2D eigenvalue weighted by Gasteiger charge is 2.39. The average molecular weight is 244 g/mol. The van der Waals surface area contributed by atoms with Gasteiger partial charge in [-0.1, -0.05) is 39.0 Å². The molecule has 3 rings (SSSR count). The summed E-state index contributed by atoms with van der Waals surface area (Å²) in [6.07, 6.45) is 2.72. The monoisotopic (exact) mass is 244 g/mol. The molecule has 18 heavy (non-hydrogen) atoms. The van der Waals surface area contributed by atoms with Gasteiger partial charge in [0, 0.05) is 25.2 Å². The summed E-state index contributed by atoms with van der Waals surface area (Å²) in [5, 5.41) is 0. The van der Waals surface area contributed by atoms with Crippen LogP contribution < -0.4 is 5.73 Å². The van der Waals surface area contributed by atoms with Crippen molar-refractivity contribution in [1.82, 2.24) is 4.90 Å². The van der Waals surface area contributed by atoms with Gasteiger partial charge < -0.3 is 5.73 Å². The van der Waals surface area contributed by atoms with Crippen LogP contribution in [0.3, 0.4) is 0 Å². The molecule has 1 heterocycles. The van der Waals surface area contributed by atoms with Crippen LogP contribution >= 0.6 is 0 Å². The SMILES string of the molecule is CC(C)(C)c1ccc2c(c1)C(CN)N(C1CC1)C2. The van der Waals surface area contributed by atoms with Crippen molar-refractivity contribution >= 4 is 0 Å². The Bertz CT molecular complexity index is 455. The van der Waals surface area contributed by atoms with Gasteiger partial charge in [0.15, 0.2) is 0 Å². The molecular formula is C16H24N2. The van der Waals surface area contributed by atoms with Crippen molar-refractivity contribution in [3.63, 3.8) is 0 Å². The van der Waals surface area contributed by atoms with E-state index in [4.69, 9.17) is 5.73 Å². The summed E-state index contributed by atoms with van der Waals surface area (Å²) in [4.78, 5) is 2.61. The fourth-order valence-corrected chi connectivity index (χ4v) is 3.05. The van der Waals surface area contributed by atoms with Gasteiger partial charge >= 0.3 is 0 Å². The molecule has 0 amide bonds. The molecule has 0 radical (unpaired) electrons. The molecule has 1 aliphatic heterocycles. The minimum atomic E-state index is 0.223. The fraction of sp³-hybridized carbons (Fsp3) is 0.625. The Morgan fingerprint density at radius 3 is 2.56 bits per heavy atom. The van der Waals surface area contributed by atoms with E-state index in [1.54, 1.807) is 0 Å². The van der Waals surface area contributed by atoms with Crippen molar-refractivity contribution in [3.8, 4) is 0 Å². The van der Waals surface area contributed by atoms with Crippen molar-refractivity contribution in [3.05, 3.63) is 34.9 Å². The Morgan fingerprint density at radius 1 is 1.28 bits per heavy atom. The summed E-state index contributed by atoms with van der Waals surface area (Å²) in [5.74, 6) is 0. The van der Waals surface area contributed by atoms with Gasteiger partial charge in [0.25, 0.3) is 0 Å². The Labute approximate surface area is 110 Å². The predicted octanol–water partition coefficient (Wildman–Crippen LogP) is 2.96. The van der Waals surface area contributed by atoms with Crippen molar-refractivity contribution in [2.24, 2.45) is 5.73 Å². The maximum atomic E-state index is 6.02. The van der Waals surface area contributed by atoms with Crippen LogP contribution in [0.5, 0.6) is 0 Å². The molecule has 1 unspecified atom stereocenters. The molecule has 0 aromatic heterocycles. The van der Waals surface area contributed by atoms with Crippen molar-refractivity contribution in [2.45, 2.75) is 57.7 Å². The lowest BCUT2D eigenvalue weighted by molar-refractivity contribution is 0.209. The van der Waals surface area contributed by atoms with E-state index in [1.807, 2.05) is 0 Å². The van der Waals surface area contributed by atoms with E-state index in [2.05, 4.69) is 43.9 Å². The predicted molar refractivity (Wildman–Crippen MR) is 75.5 cm³/mol. The topological polar surface area (TPSA) is 29.3 Å².